The summed E-state index contributed by atoms with van der Waals surface area (Å²) in [6.45, 7) is 10.4. The molecule has 1 rings (SSSR count). The van der Waals surface area contributed by atoms with E-state index < -0.39 is 0 Å². The molecule has 0 aromatic carbocycles. The minimum Gasteiger partial charge on any atom is -0.314 e. The Hall–Kier alpha value is -0.340. The molecule has 0 aliphatic carbocycles. The lowest BCUT2D eigenvalue weighted by Crippen LogP contribution is -2.49. The van der Waals surface area contributed by atoms with Crippen molar-refractivity contribution >= 4 is 0 Å². The Labute approximate surface area is 62.9 Å². The highest BCUT2D eigenvalue weighted by atomic mass is 15.2. The highest BCUT2D eigenvalue weighted by Gasteiger charge is 2.15. The van der Waals surface area contributed by atoms with Gasteiger partial charge >= 0.3 is 0 Å². The maximum absolute atomic E-state index is 3.73. The Morgan fingerprint density at radius 2 is 2.60 bits per heavy atom. The third kappa shape index (κ3) is 1.82. The van der Waals surface area contributed by atoms with Crippen LogP contribution in [-0.4, -0.2) is 37.1 Å². The predicted molar refractivity (Wildman–Crippen MR) is 44.1 cm³/mol. The van der Waals surface area contributed by atoms with Crippen LogP contribution in [0.25, 0.3) is 0 Å². The molecule has 0 radical (unpaired) electrons. The smallest absolute Gasteiger partial charge is 0.0196 e. The zero-order valence-corrected chi connectivity index (χ0v) is 6.64. The molecule has 0 aromatic heterocycles. The van der Waals surface area contributed by atoms with Crippen molar-refractivity contribution in [1.29, 1.82) is 0 Å². The first-order chi connectivity index (χ1) is 4.84. The van der Waals surface area contributed by atoms with Gasteiger partial charge in [-0.1, -0.05) is 6.08 Å². The summed E-state index contributed by atoms with van der Waals surface area (Å²) in [4.78, 5) is 2.43. The molecule has 1 atom stereocenters. The second kappa shape index (κ2) is 3.74. The number of hydrogen-bond acceptors (Lipinski definition) is 2. The Kier molecular flexibility index (Phi) is 2.90. The van der Waals surface area contributed by atoms with Gasteiger partial charge in [0.1, 0.15) is 0 Å². The predicted octanol–water partition coefficient (Wildman–Crippen LogP) is 0.466. The molecule has 1 N–H and O–H groups in total. The largest absolute Gasteiger partial charge is 0.314 e. The van der Waals surface area contributed by atoms with E-state index in [1.54, 1.807) is 0 Å². The van der Waals surface area contributed by atoms with Crippen LogP contribution in [0.5, 0.6) is 0 Å². The van der Waals surface area contributed by atoms with Gasteiger partial charge in [0.2, 0.25) is 0 Å². The Morgan fingerprint density at radius 3 is 3.20 bits per heavy atom. The van der Waals surface area contributed by atoms with E-state index in [-0.39, 0.29) is 0 Å². The van der Waals surface area contributed by atoms with Gasteiger partial charge in [-0.05, 0) is 6.92 Å². The Balaban J connectivity index is 2.32. The number of piperazine rings is 1. The highest BCUT2D eigenvalue weighted by molar-refractivity contribution is 4.81. The molecule has 0 spiro atoms. The lowest BCUT2D eigenvalue weighted by Gasteiger charge is -2.32. The van der Waals surface area contributed by atoms with Gasteiger partial charge in [0.05, 0.1) is 0 Å². The summed E-state index contributed by atoms with van der Waals surface area (Å²) < 4.78 is 0. The SMILES string of the molecule is C=CCN1CCNC[C@H]1C. The van der Waals surface area contributed by atoms with Gasteiger partial charge < -0.3 is 5.32 Å². The molecular formula is C8H16N2. The molecule has 1 aliphatic heterocycles. The van der Waals surface area contributed by atoms with Gasteiger partial charge in [-0.15, -0.1) is 6.58 Å². The van der Waals surface area contributed by atoms with Crippen LogP contribution in [0.3, 0.4) is 0 Å². The molecule has 0 unspecified atom stereocenters. The summed E-state index contributed by atoms with van der Waals surface area (Å²) >= 11 is 0. The molecule has 0 bridgehead atoms. The first kappa shape index (κ1) is 7.76. The first-order valence-corrected chi connectivity index (χ1v) is 3.90. The van der Waals surface area contributed by atoms with E-state index in [1.807, 2.05) is 6.08 Å². The van der Waals surface area contributed by atoms with Crippen molar-refractivity contribution < 1.29 is 0 Å². The maximum atomic E-state index is 3.73. The van der Waals surface area contributed by atoms with E-state index in [1.165, 1.54) is 0 Å². The molecule has 10 heavy (non-hydrogen) atoms. The molecule has 2 heteroatoms. The Bertz CT molecular complexity index is 112. The van der Waals surface area contributed by atoms with Gasteiger partial charge in [-0.3, -0.25) is 4.90 Å². The molecule has 1 saturated heterocycles. The van der Waals surface area contributed by atoms with Crippen molar-refractivity contribution in [3.05, 3.63) is 12.7 Å². The minimum atomic E-state index is 0.673. The van der Waals surface area contributed by atoms with Gasteiger partial charge in [-0.25, -0.2) is 0 Å². The van der Waals surface area contributed by atoms with E-state index in [2.05, 4.69) is 23.7 Å². The normalized spacial score (nSPS) is 28.3. The number of hydrogen-bond donors (Lipinski definition) is 1. The Morgan fingerprint density at radius 1 is 1.80 bits per heavy atom. The molecule has 0 amide bonds. The van der Waals surface area contributed by atoms with Crippen LogP contribution >= 0.6 is 0 Å². The molecule has 1 aliphatic rings. The summed E-state index contributed by atoms with van der Waals surface area (Å²) in [7, 11) is 0. The summed E-state index contributed by atoms with van der Waals surface area (Å²) in [5.41, 5.74) is 0. The maximum Gasteiger partial charge on any atom is 0.0196 e. The van der Waals surface area contributed by atoms with E-state index in [9.17, 15) is 0 Å². The van der Waals surface area contributed by atoms with E-state index in [0.717, 1.165) is 26.2 Å². The summed E-state index contributed by atoms with van der Waals surface area (Å²) in [6, 6.07) is 0.673. The second-order valence-corrected chi connectivity index (χ2v) is 2.84. The van der Waals surface area contributed by atoms with Crippen LogP contribution in [0.4, 0.5) is 0 Å². The van der Waals surface area contributed by atoms with E-state index in [0.29, 0.717) is 6.04 Å². The third-order valence-electron chi connectivity index (χ3n) is 2.00. The third-order valence-corrected chi connectivity index (χ3v) is 2.00. The average molecular weight is 140 g/mol. The zero-order chi connectivity index (χ0) is 7.40. The van der Waals surface area contributed by atoms with Crippen LogP contribution in [0.15, 0.2) is 12.7 Å². The van der Waals surface area contributed by atoms with Gasteiger partial charge in [0.25, 0.3) is 0 Å². The van der Waals surface area contributed by atoms with Crippen LogP contribution in [0, 0.1) is 0 Å². The van der Waals surface area contributed by atoms with Crippen LogP contribution in [0.2, 0.25) is 0 Å². The van der Waals surface area contributed by atoms with Crippen molar-refractivity contribution in [1.82, 2.24) is 10.2 Å². The fourth-order valence-electron chi connectivity index (χ4n) is 1.32. The van der Waals surface area contributed by atoms with Crippen molar-refractivity contribution in [2.75, 3.05) is 26.2 Å². The molecule has 2 nitrogen and oxygen atoms in total. The van der Waals surface area contributed by atoms with Gasteiger partial charge in [0, 0.05) is 32.2 Å². The zero-order valence-electron chi connectivity index (χ0n) is 6.64. The second-order valence-electron chi connectivity index (χ2n) is 2.84. The molecule has 0 saturated carbocycles. The molecular weight excluding hydrogens is 124 g/mol. The summed E-state index contributed by atoms with van der Waals surface area (Å²) in [5, 5.41) is 3.35. The quantitative estimate of drug-likeness (QED) is 0.561. The lowest BCUT2D eigenvalue weighted by atomic mass is 10.2. The van der Waals surface area contributed by atoms with Crippen molar-refractivity contribution in [3.63, 3.8) is 0 Å². The van der Waals surface area contributed by atoms with Crippen LogP contribution in [-0.2, 0) is 0 Å². The van der Waals surface area contributed by atoms with E-state index in [4.69, 9.17) is 0 Å². The molecule has 0 aromatic rings. The monoisotopic (exact) mass is 140 g/mol. The van der Waals surface area contributed by atoms with Gasteiger partial charge in [-0.2, -0.15) is 0 Å². The van der Waals surface area contributed by atoms with Gasteiger partial charge in [0.15, 0.2) is 0 Å². The summed E-state index contributed by atoms with van der Waals surface area (Å²) in [5.74, 6) is 0. The lowest BCUT2D eigenvalue weighted by molar-refractivity contribution is 0.193. The molecule has 1 heterocycles. The van der Waals surface area contributed by atoms with Crippen LogP contribution < -0.4 is 5.32 Å². The highest BCUT2D eigenvalue weighted by Crippen LogP contribution is 2.00. The fraction of sp³-hybridized carbons (Fsp3) is 0.750. The summed E-state index contributed by atoms with van der Waals surface area (Å²) in [6.07, 6.45) is 1.97. The number of nitrogens with zero attached hydrogens (tertiary/aromatic N) is 1. The van der Waals surface area contributed by atoms with Crippen LogP contribution in [0.1, 0.15) is 6.92 Å². The van der Waals surface area contributed by atoms with Crippen molar-refractivity contribution in [2.24, 2.45) is 0 Å². The van der Waals surface area contributed by atoms with Crippen molar-refractivity contribution in [2.45, 2.75) is 13.0 Å². The standard InChI is InChI=1S/C8H16N2/c1-3-5-10-6-4-9-7-8(10)2/h3,8-9H,1,4-7H2,2H3/t8-/m1/s1. The molecule has 58 valence electrons. The minimum absolute atomic E-state index is 0.673. The van der Waals surface area contributed by atoms with Crippen molar-refractivity contribution in [3.8, 4) is 0 Å². The fourth-order valence-corrected chi connectivity index (χ4v) is 1.32. The average Bonchev–Trinajstić information content (AvgIpc) is 1.94. The first-order valence-electron chi connectivity index (χ1n) is 3.90. The topological polar surface area (TPSA) is 15.3 Å². The molecule has 1 fully saturated rings. The van der Waals surface area contributed by atoms with E-state index >= 15 is 0 Å². The number of rotatable bonds is 2. The number of nitrogens with one attached hydrogen (secondary N) is 1.